The van der Waals surface area contributed by atoms with E-state index in [1.54, 1.807) is 4.90 Å². The molecule has 4 rings (SSSR count). The highest BCUT2D eigenvalue weighted by Crippen LogP contribution is 2.26. The number of benzene rings is 2. The van der Waals surface area contributed by atoms with Gasteiger partial charge in [-0.3, -0.25) is 9.59 Å². The van der Waals surface area contributed by atoms with Crippen LogP contribution in [-0.2, 0) is 16.0 Å². The van der Waals surface area contributed by atoms with Crippen LogP contribution in [0.4, 0.5) is 0 Å². The Hall–Kier alpha value is -2.82. The number of para-hydroxylation sites is 1. The SMILES string of the molecule is O=C(NC1CC1)[C@@H]1C[C@H](Oc2ccccc2)CN1C(=O)Cc1ccccc1. The van der Waals surface area contributed by atoms with Crippen LogP contribution in [0.2, 0.25) is 0 Å². The molecule has 2 fully saturated rings. The van der Waals surface area contributed by atoms with Crippen molar-refractivity contribution in [3.05, 3.63) is 66.2 Å². The summed E-state index contributed by atoms with van der Waals surface area (Å²) < 4.78 is 6.03. The van der Waals surface area contributed by atoms with Gasteiger partial charge in [-0.05, 0) is 30.5 Å². The Morgan fingerprint density at radius 2 is 1.67 bits per heavy atom. The van der Waals surface area contributed by atoms with Crippen molar-refractivity contribution in [1.82, 2.24) is 10.2 Å². The lowest BCUT2D eigenvalue weighted by Gasteiger charge is -2.23. The van der Waals surface area contributed by atoms with Crippen LogP contribution in [0, 0.1) is 0 Å². The quantitative estimate of drug-likeness (QED) is 0.857. The second kappa shape index (κ2) is 7.82. The van der Waals surface area contributed by atoms with Crippen molar-refractivity contribution in [1.29, 1.82) is 0 Å². The molecule has 140 valence electrons. The van der Waals surface area contributed by atoms with Gasteiger partial charge in [0.15, 0.2) is 0 Å². The Labute approximate surface area is 159 Å². The maximum atomic E-state index is 12.9. The highest BCUT2D eigenvalue weighted by molar-refractivity contribution is 5.89. The number of carbonyl (C=O) groups excluding carboxylic acids is 2. The summed E-state index contributed by atoms with van der Waals surface area (Å²) in [4.78, 5) is 27.3. The smallest absolute Gasteiger partial charge is 0.243 e. The van der Waals surface area contributed by atoms with E-state index in [9.17, 15) is 9.59 Å². The van der Waals surface area contributed by atoms with Gasteiger partial charge in [0.25, 0.3) is 0 Å². The fraction of sp³-hybridized carbons (Fsp3) is 0.364. The second-order valence-corrected chi connectivity index (χ2v) is 7.30. The molecule has 0 bridgehead atoms. The van der Waals surface area contributed by atoms with Gasteiger partial charge in [-0.2, -0.15) is 0 Å². The van der Waals surface area contributed by atoms with Crippen molar-refractivity contribution >= 4 is 11.8 Å². The van der Waals surface area contributed by atoms with E-state index in [4.69, 9.17) is 4.74 Å². The van der Waals surface area contributed by atoms with Crippen LogP contribution in [0.1, 0.15) is 24.8 Å². The monoisotopic (exact) mass is 364 g/mol. The van der Waals surface area contributed by atoms with Gasteiger partial charge in [0.05, 0.1) is 13.0 Å². The van der Waals surface area contributed by atoms with Crippen LogP contribution in [0.25, 0.3) is 0 Å². The number of carbonyl (C=O) groups is 2. The molecule has 2 amide bonds. The number of nitrogens with one attached hydrogen (secondary N) is 1. The van der Waals surface area contributed by atoms with Gasteiger partial charge >= 0.3 is 0 Å². The van der Waals surface area contributed by atoms with Crippen molar-refractivity contribution in [3.8, 4) is 5.75 Å². The number of ether oxygens (including phenoxy) is 1. The van der Waals surface area contributed by atoms with Gasteiger partial charge in [-0.1, -0.05) is 48.5 Å². The van der Waals surface area contributed by atoms with Crippen molar-refractivity contribution in [2.24, 2.45) is 0 Å². The van der Waals surface area contributed by atoms with Crippen LogP contribution in [0.3, 0.4) is 0 Å². The zero-order valence-corrected chi connectivity index (χ0v) is 15.2. The molecule has 2 aliphatic rings. The summed E-state index contributed by atoms with van der Waals surface area (Å²) in [6, 6.07) is 19.0. The number of amides is 2. The first kappa shape index (κ1) is 17.6. The van der Waals surface area contributed by atoms with E-state index in [-0.39, 0.29) is 24.0 Å². The van der Waals surface area contributed by atoms with E-state index < -0.39 is 6.04 Å². The maximum absolute atomic E-state index is 12.9. The van der Waals surface area contributed by atoms with E-state index in [1.165, 1.54) is 0 Å². The Balaban J connectivity index is 1.46. The van der Waals surface area contributed by atoms with Crippen molar-refractivity contribution in [2.75, 3.05) is 6.54 Å². The summed E-state index contributed by atoms with van der Waals surface area (Å²) in [5, 5.41) is 3.04. The molecule has 2 aromatic rings. The molecule has 0 unspecified atom stereocenters. The van der Waals surface area contributed by atoms with Gasteiger partial charge in [-0.25, -0.2) is 0 Å². The Morgan fingerprint density at radius 3 is 2.33 bits per heavy atom. The van der Waals surface area contributed by atoms with Crippen molar-refractivity contribution in [3.63, 3.8) is 0 Å². The number of hydrogen-bond donors (Lipinski definition) is 1. The van der Waals surface area contributed by atoms with E-state index in [0.29, 0.717) is 19.4 Å². The summed E-state index contributed by atoms with van der Waals surface area (Å²) in [7, 11) is 0. The molecule has 27 heavy (non-hydrogen) atoms. The highest BCUT2D eigenvalue weighted by Gasteiger charge is 2.41. The number of rotatable bonds is 6. The summed E-state index contributed by atoms with van der Waals surface area (Å²) in [5.74, 6) is 0.676. The van der Waals surface area contributed by atoms with Gasteiger partial charge in [0.2, 0.25) is 11.8 Å². The Bertz CT molecular complexity index is 790. The van der Waals surface area contributed by atoms with Gasteiger partial charge in [-0.15, -0.1) is 0 Å². The molecule has 1 aliphatic carbocycles. The molecule has 1 saturated carbocycles. The molecule has 5 nitrogen and oxygen atoms in total. The topological polar surface area (TPSA) is 58.6 Å². The standard InChI is InChI=1S/C22H24N2O3/c25-21(13-16-7-3-1-4-8-16)24-15-19(27-18-9-5-2-6-10-18)14-20(24)22(26)23-17-11-12-17/h1-10,17,19-20H,11-15H2,(H,23,26)/t19-,20-/m0/s1. The lowest BCUT2D eigenvalue weighted by atomic mass is 10.1. The summed E-state index contributed by atoms with van der Waals surface area (Å²) in [6.07, 6.45) is 2.70. The molecular weight excluding hydrogens is 340 g/mol. The first-order valence-corrected chi connectivity index (χ1v) is 9.54. The van der Waals surface area contributed by atoms with Crippen LogP contribution in [-0.4, -0.2) is 41.4 Å². The first-order chi connectivity index (χ1) is 13.2. The van der Waals surface area contributed by atoms with E-state index in [0.717, 1.165) is 24.2 Å². The molecule has 1 N–H and O–H groups in total. The van der Waals surface area contributed by atoms with Gasteiger partial charge in [0.1, 0.15) is 17.9 Å². The van der Waals surface area contributed by atoms with Crippen LogP contribution < -0.4 is 10.1 Å². The predicted molar refractivity (Wildman–Crippen MR) is 102 cm³/mol. The van der Waals surface area contributed by atoms with Gasteiger partial charge in [0, 0.05) is 12.5 Å². The molecule has 0 aromatic heterocycles. The second-order valence-electron chi connectivity index (χ2n) is 7.30. The van der Waals surface area contributed by atoms with Crippen LogP contribution >= 0.6 is 0 Å². The highest BCUT2D eigenvalue weighted by atomic mass is 16.5. The molecule has 0 spiro atoms. The fourth-order valence-electron chi connectivity index (χ4n) is 3.50. The van der Waals surface area contributed by atoms with Gasteiger partial charge < -0.3 is 15.0 Å². The average molecular weight is 364 g/mol. The average Bonchev–Trinajstić information content (AvgIpc) is 3.39. The normalized spacial score (nSPS) is 21.7. The molecule has 0 radical (unpaired) electrons. The zero-order valence-electron chi connectivity index (χ0n) is 15.2. The minimum atomic E-state index is -0.462. The Morgan fingerprint density at radius 1 is 1.00 bits per heavy atom. The number of hydrogen-bond acceptors (Lipinski definition) is 3. The molecule has 1 heterocycles. The van der Waals surface area contributed by atoms with Crippen LogP contribution in [0.5, 0.6) is 5.75 Å². The zero-order chi connectivity index (χ0) is 18.6. The molecular formula is C22H24N2O3. The lowest BCUT2D eigenvalue weighted by molar-refractivity contribution is -0.138. The fourth-order valence-corrected chi connectivity index (χ4v) is 3.50. The molecule has 5 heteroatoms. The largest absolute Gasteiger partial charge is 0.488 e. The third-order valence-electron chi connectivity index (χ3n) is 5.05. The lowest BCUT2D eigenvalue weighted by Crippen LogP contribution is -2.47. The summed E-state index contributed by atoms with van der Waals surface area (Å²) >= 11 is 0. The minimum absolute atomic E-state index is 0.0312. The summed E-state index contributed by atoms with van der Waals surface area (Å²) in [6.45, 7) is 0.434. The molecule has 1 aliphatic heterocycles. The molecule has 2 atom stereocenters. The molecule has 2 aromatic carbocycles. The van der Waals surface area contributed by atoms with Crippen molar-refractivity contribution < 1.29 is 14.3 Å². The summed E-state index contributed by atoms with van der Waals surface area (Å²) in [5.41, 5.74) is 0.955. The van der Waals surface area contributed by atoms with E-state index >= 15 is 0 Å². The maximum Gasteiger partial charge on any atom is 0.243 e. The molecule has 1 saturated heterocycles. The Kier molecular flexibility index (Phi) is 5.10. The van der Waals surface area contributed by atoms with Crippen LogP contribution in [0.15, 0.2) is 60.7 Å². The van der Waals surface area contributed by atoms with E-state index in [2.05, 4.69) is 5.32 Å². The first-order valence-electron chi connectivity index (χ1n) is 9.54. The number of nitrogens with zero attached hydrogens (tertiary/aromatic N) is 1. The number of likely N-dealkylation sites (tertiary alicyclic amines) is 1. The minimum Gasteiger partial charge on any atom is -0.488 e. The third kappa shape index (κ3) is 4.48. The predicted octanol–water partition coefficient (Wildman–Crippen LogP) is 2.56. The van der Waals surface area contributed by atoms with E-state index in [1.807, 2.05) is 60.7 Å². The van der Waals surface area contributed by atoms with Crippen molar-refractivity contribution in [2.45, 2.75) is 43.9 Å². The third-order valence-corrected chi connectivity index (χ3v) is 5.05.